The molecule has 1 heterocycles. The maximum Gasteiger partial charge on any atom is 0.319 e. The molecule has 0 radical (unpaired) electrons. The van der Waals surface area contributed by atoms with Crippen molar-refractivity contribution >= 4 is 12.3 Å². The van der Waals surface area contributed by atoms with E-state index in [-0.39, 0.29) is 12.6 Å². The minimum Gasteiger partial charge on any atom is -0.480 e. The van der Waals surface area contributed by atoms with E-state index in [0.29, 0.717) is 13.0 Å². The molecule has 1 aliphatic heterocycles. The molecule has 0 aromatic heterocycles. The van der Waals surface area contributed by atoms with Gasteiger partial charge in [0.2, 0.25) is 0 Å². The van der Waals surface area contributed by atoms with E-state index in [1.165, 1.54) is 0 Å². The molecule has 6 heteroatoms. The number of carbonyl (C=O) groups excluding carboxylic acids is 1. The van der Waals surface area contributed by atoms with E-state index >= 15 is 0 Å². The fraction of sp³-hybridized carbons (Fsp3) is 0.714. The Morgan fingerprint density at radius 1 is 1.77 bits per heavy atom. The van der Waals surface area contributed by atoms with Crippen molar-refractivity contribution in [3.8, 4) is 0 Å². The summed E-state index contributed by atoms with van der Waals surface area (Å²) in [6.45, 7) is 0.536. The summed E-state index contributed by atoms with van der Waals surface area (Å²) in [4.78, 5) is 20.8. The molecule has 1 fully saturated rings. The highest BCUT2D eigenvalue weighted by atomic mass is 16.4. The third-order valence-electron chi connectivity index (χ3n) is 1.96. The van der Waals surface area contributed by atoms with E-state index < -0.39 is 5.97 Å². The van der Waals surface area contributed by atoms with Gasteiger partial charge in [-0.1, -0.05) is 0 Å². The number of aldehydes is 1. The van der Waals surface area contributed by atoms with Crippen LogP contribution in [-0.4, -0.2) is 53.7 Å². The van der Waals surface area contributed by atoms with Gasteiger partial charge in [0.05, 0.1) is 6.04 Å². The zero-order chi connectivity index (χ0) is 9.84. The summed E-state index contributed by atoms with van der Waals surface area (Å²) in [6.07, 6.45) is 1.47. The molecular formula is C7H13N3O3. The normalized spacial score (nSPS) is 25.8. The lowest BCUT2D eigenvalue weighted by Gasteiger charge is -2.37. The van der Waals surface area contributed by atoms with Gasteiger partial charge in [-0.3, -0.25) is 4.79 Å². The summed E-state index contributed by atoms with van der Waals surface area (Å²) in [6, 6.07) is -0.199. The summed E-state index contributed by atoms with van der Waals surface area (Å²) in [5, 5.41) is 11.7. The molecular weight excluding hydrogens is 174 g/mol. The Balaban J connectivity index is 2.43. The standard InChI is InChI=1S/C7H13N3O3/c1-9-8-6(5-11)2-3-10(9)4-7(12)13/h5-6,8H,2-4H2,1H3,(H,12,13). The second-order valence-electron chi connectivity index (χ2n) is 2.97. The molecule has 0 bridgehead atoms. The highest BCUT2D eigenvalue weighted by molar-refractivity contribution is 5.69. The van der Waals surface area contributed by atoms with E-state index in [2.05, 4.69) is 5.43 Å². The van der Waals surface area contributed by atoms with Crippen LogP contribution in [0, 0.1) is 0 Å². The van der Waals surface area contributed by atoms with Crippen molar-refractivity contribution in [1.82, 2.24) is 15.6 Å². The number of carboxylic acid groups (broad SMARTS) is 1. The lowest BCUT2D eigenvalue weighted by molar-refractivity contribution is -0.151. The Morgan fingerprint density at radius 2 is 2.46 bits per heavy atom. The smallest absolute Gasteiger partial charge is 0.319 e. The van der Waals surface area contributed by atoms with Crippen molar-refractivity contribution in [1.29, 1.82) is 0 Å². The van der Waals surface area contributed by atoms with E-state index in [9.17, 15) is 9.59 Å². The fourth-order valence-corrected chi connectivity index (χ4v) is 1.26. The van der Waals surface area contributed by atoms with Gasteiger partial charge >= 0.3 is 5.97 Å². The first kappa shape index (κ1) is 10.1. The SMILES string of the molecule is CN1NC(C=O)CCN1CC(=O)O. The number of aliphatic carboxylic acids is 1. The largest absolute Gasteiger partial charge is 0.480 e. The predicted octanol–water partition coefficient (Wildman–Crippen LogP) is -1.30. The minimum atomic E-state index is -0.877. The van der Waals surface area contributed by atoms with Crippen LogP contribution in [0.5, 0.6) is 0 Å². The Kier molecular flexibility index (Phi) is 3.35. The van der Waals surface area contributed by atoms with Crippen LogP contribution in [0.3, 0.4) is 0 Å². The molecule has 1 rings (SSSR count). The average Bonchev–Trinajstić information content (AvgIpc) is 2.08. The topological polar surface area (TPSA) is 72.9 Å². The summed E-state index contributed by atoms with van der Waals surface area (Å²) in [5.74, 6) is -0.877. The fourth-order valence-electron chi connectivity index (χ4n) is 1.26. The highest BCUT2D eigenvalue weighted by Gasteiger charge is 2.23. The first-order valence-electron chi connectivity index (χ1n) is 4.05. The number of carboxylic acids is 1. The lowest BCUT2D eigenvalue weighted by atomic mass is 10.2. The first-order valence-corrected chi connectivity index (χ1v) is 4.05. The zero-order valence-electron chi connectivity index (χ0n) is 7.43. The van der Waals surface area contributed by atoms with Crippen LogP contribution >= 0.6 is 0 Å². The number of carbonyl (C=O) groups is 2. The van der Waals surface area contributed by atoms with Gasteiger partial charge in [0, 0.05) is 13.6 Å². The third-order valence-corrected chi connectivity index (χ3v) is 1.96. The molecule has 1 saturated heterocycles. The van der Waals surface area contributed by atoms with Gasteiger partial charge in [-0.15, -0.1) is 0 Å². The molecule has 1 aliphatic rings. The first-order chi connectivity index (χ1) is 6.13. The van der Waals surface area contributed by atoms with Crippen molar-refractivity contribution < 1.29 is 14.7 Å². The molecule has 6 nitrogen and oxygen atoms in total. The lowest BCUT2D eigenvalue weighted by Crippen LogP contribution is -2.59. The van der Waals surface area contributed by atoms with E-state index in [4.69, 9.17) is 5.11 Å². The Labute approximate surface area is 76.1 Å². The van der Waals surface area contributed by atoms with Crippen molar-refractivity contribution in [3.63, 3.8) is 0 Å². The molecule has 0 aromatic carbocycles. The number of nitrogens with zero attached hydrogens (tertiary/aromatic N) is 2. The zero-order valence-corrected chi connectivity index (χ0v) is 7.43. The number of nitrogens with one attached hydrogen (secondary N) is 1. The monoisotopic (exact) mass is 187 g/mol. The van der Waals surface area contributed by atoms with Crippen LogP contribution in [0.15, 0.2) is 0 Å². The Morgan fingerprint density at radius 3 is 2.92 bits per heavy atom. The van der Waals surface area contributed by atoms with Gasteiger partial charge in [-0.2, -0.15) is 5.12 Å². The van der Waals surface area contributed by atoms with Crippen molar-refractivity contribution in [2.45, 2.75) is 12.5 Å². The van der Waals surface area contributed by atoms with Gasteiger partial charge in [0.15, 0.2) is 0 Å². The Bertz CT molecular complexity index is 209. The van der Waals surface area contributed by atoms with Crippen molar-refractivity contribution in [3.05, 3.63) is 0 Å². The molecule has 0 spiro atoms. The minimum absolute atomic E-state index is 0.0466. The molecule has 13 heavy (non-hydrogen) atoms. The number of hydrogen-bond acceptors (Lipinski definition) is 5. The predicted molar refractivity (Wildman–Crippen MR) is 44.6 cm³/mol. The van der Waals surface area contributed by atoms with Gasteiger partial charge in [-0.05, 0) is 6.42 Å². The molecule has 1 atom stereocenters. The molecule has 0 aliphatic carbocycles. The quantitative estimate of drug-likeness (QED) is 0.535. The average molecular weight is 187 g/mol. The number of rotatable bonds is 3. The third kappa shape index (κ3) is 2.76. The molecule has 0 saturated carbocycles. The Hall–Kier alpha value is -0.980. The molecule has 74 valence electrons. The summed E-state index contributed by atoms with van der Waals surface area (Å²) in [5.41, 5.74) is 2.85. The second kappa shape index (κ2) is 4.31. The molecule has 0 aromatic rings. The van der Waals surface area contributed by atoms with E-state index in [1.807, 2.05) is 0 Å². The van der Waals surface area contributed by atoms with Gasteiger partial charge in [0.1, 0.15) is 12.8 Å². The summed E-state index contributed by atoms with van der Waals surface area (Å²) >= 11 is 0. The van der Waals surface area contributed by atoms with Crippen molar-refractivity contribution in [2.75, 3.05) is 20.1 Å². The molecule has 1 unspecified atom stereocenters. The van der Waals surface area contributed by atoms with Crippen LogP contribution in [0.25, 0.3) is 0 Å². The van der Waals surface area contributed by atoms with Gasteiger partial charge in [-0.25, -0.2) is 10.4 Å². The van der Waals surface area contributed by atoms with Crippen molar-refractivity contribution in [2.24, 2.45) is 0 Å². The highest BCUT2D eigenvalue weighted by Crippen LogP contribution is 2.04. The maximum atomic E-state index is 10.4. The van der Waals surface area contributed by atoms with Gasteiger partial charge in [0.25, 0.3) is 0 Å². The van der Waals surface area contributed by atoms with Crippen LogP contribution in [0.1, 0.15) is 6.42 Å². The molecule has 2 N–H and O–H groups in total. The second-order valence-corrected chi connectivity index (χ2v) is 2.97. The number of hydrazine groups is 2. The summed E-state index contributed by atoms with van der Waals surface area (Å²) < 4.78 is 0. The number of hydrogen-bond donors (Lipinski definition) is 2. The van der Waals surface area contributed by atoms with Crippen LogP contribution in [0.2, 0.25) is 0 Å². The van der Waals surface area contributed by atoms with Crippen LogP contribution in [0.4, 0.5) is 0 Å². The van der Waals surface area contributed by atoms with Gasteiger partial charge < -0.3 is 9.90 Å². The van der Waals surface area contributed by atoms with Crippen LogP contribution in [-0.2, 0) is 9.59 Å². The summed E-state index contributed by atoms with van der Waals surface area (Å²) in [7, 11) is 1.69. The molecule has 0 amide bonds. The van der Waals surface area contributed by atoms with E-state index in [1.54, 1.807) is 17.2 Å². The van der Waals surface area contributed by atoms with Crippen LogP contribution < -0.4 is 5.43 Å². The van der Waals surface area contributed by atoms with E-state index in [0.717, 1.165) is 6.29 Å². The maximum absolute atomic E-state index is 10.4.